The number of rotatable bonds is 4. The summed E-state index contributed by atoms with van der Waals surface area (Å²) in [7, 11) is 3.01. The van der Waals surface area contributed by atoms with Gasteiger partial charge in [-0.05, 0) is 18.2 Å². The Morgan fingerprint density at radius 1 is 1.33 bits per heavy atom. The number of H-pyrrole nitrogens is 1. The molecule has 0 aliphatic carbocycles. The molecule has 0 atom stereocenters. The molecule has 0 spiro atoms. The lowest BCUT2D eigenvalue weighted by Gasteiger charge is -2.09. The van der Waals surface area contributed by atoms with E-state index in [9.17, 15) is 9.18 Å². The fraction of sp³-hybridized carbons (Fsp3) is 0.111. The van der Waals surface area contributed by atoms with E-state index in [4.69, 9.17) is 4.74 Å². The van der Waals surface area contributed by atoms with Gasteiger partial charge in [-0.25, -0.2) is 9.37 Å². The van der Waals surface area contributed by atoms with Crippen LogP contribution in [0, 0.1) is 5.82 Å². The van der Waals surface area contributed by atoms with Gasteiger partial charge in [0.15, 0.2) is 5.82 Å². The van der Waals surface area contributed by atoms with Gasteiger partial charge in [0.1, 0.15) is 23.6 Å². The van der Waals surface area contributed by atoms with Crippen molar-refractivity contribution in [2.75, 3.05) is 14.2 Å². The number of hydrogen-bond acceptors (Lipinski definition) is 5. The Morgan fingerprint density at radius 3 is 2.96 bits per heavy atom. The van der Waals surface area contributed by atoms with Crippen LogP contribution in [-0.2, 0) is 0 Å². The zero-order valence-corrected chi connectivity index (χ0v) is 14.5. The largest absolute Gasteiger partial charge is 0.496 e. The number of methoxy groups -OCH3 is 1. The third-order valence-electron chi connectivity index (χ3n) is 4.17. The Hall–Kier alpha value is -3.75. The lowest BCUT2D eigenvalue weighted by molar-refractivity contribution is 0.0958. The van der Waals surface area contributed by atoms with Gasteiger partial charge in [-0.2, -0.15) is 5.10 Å². The summed E-state index contributed by atoms with van der Waals surface area (Å²) in [5.74, 6) is 0.172. The molecule has 3 aromatic heterocycles. The number of halogens is 1. The fourth-order valence-corrected chi connectivity index (χ4v) is 2.84. The molecule has 1 amide bonds. The summed E-state index contributed by atoms with van der Waals surface area (Å²) in [6.07, 6.45) is 4.63. The highest BCUT2D eigenvalue weighted by molar-refractivity contribution is 5.92. The number of imidazole rings is 1. The zero-order valence-electron chi connectivity index (χ0n) is 14.5. The van der Waals surface area contributed by atoms with Gasteiger partial charge in [0.2, 0.25) is 0 Å². The maximum Gasteiger partial charge on any atom is 0.271 e. The van der Waals surface area contributed by atoms with Crippen LogP contribution < -0.4 is 10.1 Å². The summed E-state index contributed by atoms with van der Waals surface area (Å²) in [4.78, 5) is 20.1. The summed E-state index contributed by atoms with van der Waals surface area (Å²) in [5, 5.41) is 10.4. The van der Waals surface area contributed by atoms with Gasteiger partial charge in [0.05, 0.1) is 30.1 Å². The molecular formula is C18H15FN6O2. The van der Waals surface area contributed by atoms with Crippen LogP contribution in [0.4, 0.5) is 4.39 Å². The van der Waals surface area contributed by atoms with Crippen LogP contribution in [0.1, 0.15) is 10.5 Å². The van der Waals surface area contributed by atoms with Gasteiger partial charge < -0.3 is 10.1 Å². The standard InChI is InChI=1S/C18H15FN6O2/c1-20-18(26)14-8-25(9-22-14)17-10-6-12(21-7-13(10)23-24-17)16-11(19)4-3-5-15(16)27-2/h3-9H,1-2H3,(H,20,26)(H,23,24). The molecule has 2 N–H and O–H groups in total. The van der Waals surface area contributed by atoms with E-state index in [-0.39, 0.29) is 17.2 Å². The first-order valence-electron chi connectivity index (χ1n) is 8.06. The van der Waals surface area contributed by atoms with E-state index in [1.807, 2.05) is 0 Å². The molecule has 4 aromatic rings. The van der Waals surface area contributed by atoms with Crippen molar-refractivity contribution in [1.29, 1.82) is 0 Å². The van der Waals surface area contributed by atoms with E-state index in [1.54, 1.807) is 35.2 Å². The predicted molar refractivity (Wildman–Crippen MR) is 96.3 cm³/mol. The molecule has 1 aromatic carbocycles. The maximum atomic E-state index is 14.4. The Bertz CT molecular complexity index is 1150. The summed E-state index contributed by atoms with van der Waals surface area (Å²) >= 11 is 0. The lowest BCUT2D eigenvalue weighted by Crippen LogP contribution is -2.17. The summed E-state index contributed by atoms with van der Waals surface area (Å²) in [6, 6.07) is 6.32. The second kappa shape index (κ2) is 6.52. The van der Waals surface area contributed by atoms with Crippen molar-refractivity contribution in [2.24, 2.45) is 0 Å². The molecule has 8 nitrogen and oxygen atoms in total. The number of nitrogens with one attached hydrogen (secondary N) is 2. The van der Waals surface area contributed by atoms with E-state index in [2.05, 4.69) is 25.5 Å². The molecule has 0 unspecified atom stereocenters. The van der Waals surface area contributed by atoms with Crippen molar-refractivity contribution in [3.8, 4) is 22.8 Å². The Morgan fingerprint density at radius 2 is 2.19 bits per heavy atom. The van der Waals surface area contributed by atoms with Crippen molar-refractivity contribution in [3.63, 3.8) is 0 Å². The summed E-state index contributed by atoms with van der Waals surface area (Å²) in [6.45, 7) is 0. The van der Waals surface area contributed by atoms with Gasteiger partial charge in [-0.3, -0.25) is 19.4 Å². The minimum absolute atomic E-state index is 0.263. The number of nitrogens with zero attached hydrogens (tertiary/aromatic N) is 4. The maximum absolute atomic E-state index is 14.4. The minimum atomic E-state index is -0.434. The smallest absolute Gasteiger partial charge is 0.271 e. The monoisotopic (exact) mass is 366 g/mol. The van der Waals surface area contributed by atoms with Crippen LogP contribution in [-0.4, -0.2) is 44.8 Å². The van der Waals surface area contributed by atoms with Gasteiger partial charge >= 0.3 is 0 Å². The molecule has 3 heterocycles. The minimum Gasteiger partial charge on any atom is -0.496 e. The van der Waals surface area contributed by atoms with Crippen molar-refractivity contribution in [2.45, 2.75) is 0 Å². The third-order valence-corrected chi connectivity index (χ3v) is 4.17. The number of hydrogen-bond donors (Lipinski definition) is 2. The number of carbonyl (C=O) groups excluding carboxylic acids is 1. The number of fused-ring (bicyclic) bond motifs is 1. The molecule has 0 fully saturated rings. The average molecular weight is 366 g/mol. The van der Waals surface area contributed by atoms with Crippen LogP contribution in [0.25, 0.3) is 28.0 Å². The number of aromatic nitrogens is 5. The number of amides is 1. The van der Waals surface area contributed by atoms with E-state index < -0.39 is 5.82 Å². The van der Waals surface area contributed by atoms with Crippen molar-refractivity contribution >= 4 is 16.8 Å². The van der Waals surface area contributed by atoms with Gasteiger partial charge in [-0.15, -0.1) is 0 Å². The molecule has 0 saturated heterocycles. The van der Waals surface area contributed by atoms with Crippen molar-refractivity contribution in [3.05, 3.63) is 54.5 Å². The number of ether oxygens (including phenoxy) is 1. The highest BCUT2D eigenvalue weighted by Crippen LogP contribution is 2.33. The normalized spacial score (nSPS) is 10.9. The van der Waals surface area contributed by atoms with Crippen LogP contribution in [0.5, 0.6) is 5.75 Å². The summed E-state index contributed by atoms with van der Waals surface area (Å²) in [5.41, 5.74) is 1.61. The number of pyridine rings is 1. The molecule has 0 bridgehead atoms. The molecule has 0 saturated carbocycles. The molecule has 0 aliphatic heterocycles. The molecule has 4 rings (SSSR count). The first-order valence-corrected chi connectivity index (χ1v) is 8.06. The van der Waals surface area contributed by atoms with E-state index in [0.717, 1.165) is 0 Å². The predicted octanol–water partition coefficient (Wildman–Crippen LogP) is 2.32. The number of aromatic amines is 1. The van der Waals surface area contributed by atoms with Crippen LogP contribution >= 0.6 is 0 Å². The Balaban J connectivity index is 1.86. The second-order valence-corrected chi connectivity index (χ2v) is 5.72. The molecule has 27 heavy (non-hydrogen) atoms. The first kappa shape index (κ1) is 16.7. The van der Waals surface area contributed by atoms with Crippen LogP contribution in [0.2, 0.25) is 0 Å². The Kier molecular flexibility index (Phi) is 4.03. The lowest BCUT2D eigenvalue weighted by atomic mass is 10.1. The zero-order chi connectivity index (χ0) is 19.0. The van der Waals surface area contributed by atoms with E-state index >= 15 is 0 Å². The van der Waals surface area contributed by atoms with Crippen LogP contribution in [0.3, 0.4) is 0 Å². The third kappa shape index (κ3) is 2.78. The molecule has 9 heteroatoms. The first-order chi connectivity index (χ1) is 13.1. The van der Waals surface area contributed by atoms with Crippen LogP contribution in [0.15, 0.2) is 43.0 Å². The van der Waals surface area contributed by atoms with Gasteiger partial charge in [0.25, 0.3) is 5.91 Å². The molecule has 0 aliphatic rings. The SMILES string of the molecule is CNC(=O)c1cn(-c2n[nH]c3cnc(-c4c(F)cccc4OC)cc23)cn1. The number of benzene rings is 1. The van der Waals surface area contributed by atoms with E-state index in [0.29, 0.717) is 28.2 Å². The van der Waals surface area contributed by atoms with Crippen molar-refractivity contribution in [1.82, 2.24) is 30.0 Å². The molecular weight excluding hydrogens is 351 g/mol. The molecule has 0 radical (unpaired) electrons. The fourth-order valence-electron chi connectivity index (χ4n) is 2.84. The number of carbonyl (C=O) groups is 1. The topological polar surface area (TPSA) is 97.7 Å². The van der Waals surface area contributed by atoms with Gasteiger partial charge in [-0.1, -0.05) is 6.07 Å². The summed E-state index contributed by atoms with van der Waals surface area (Å²) < 4.78 is 21.3. The highest BCUT2D eigenvalue weighted by atomic mass is 19.1. The quantitative estimate of drug-likeness (QED) is 0.578. The van der Waals surface area contributed by atoms with Crippen molar-refractivity contribution < 1.29 is 13.9 Å². The second-order valence-electron chi connectivity index (χ2n) is 5.72. The Labute approximate surface area is 153 Å². The molecule has 136 valence electrons. The van der Waals surface area contributed by atoms with E-state index in [1.165, 1.54) is 26.6 Å². The average Bonchev–Trinajstić information content (AvgIpc) is 3.33. The van der Waals surface area contributed by atoms with Gasteiger partial charge in [0, 0.05) is 18.6 Å². The highest BCUT2D eigenvalue weighted by Gasteiger charge is 2.17.